The molecule has 1 heterocycles. The predicted octanol–water partition coefficient (Wildman–Crippen LogP) is 3.19. The highest BCUT2D eigenvalue weighted by atomic mass is 35.5. The molecule has 2 N–H and O–H groups in total. The Morgan fingerprint density at radius 2 is 1.92 bits per heavy atom. The fourth-order valence-electron chi connectivity index (χ4n) is 2.74. The van der Waals surface area contributed by atoms with E-state index in [4.69, 9.17) is 0 Å². The van der Waals surface area contributed by atoms with Crippen LogP contribution in [0, 0.1) is 5.92 Å². The summed E-state index contributed by atoms with van der Waals surface area (Å²) in [6.45, 7) is 2.00. The molecule has 0 aliphatic carbocycles. The molecule has 1 fully saturated rings. The quantitative estimate of drug-likeness (QED) is 0.797. The molecule has 1 aliphatic heterocycles. The van der Waals surface area contributed by atoms with E-state index in [1.807, 2.05) is 0 Å². The molecule has 1 saturated heterocycles. The fourth-order valence-corrected chi connectivity index (χ4v) is 2.74. The molecular formula is C17H24ClF3N2O2. The second-order valence-electron chi connectivity index (χ2n) is 6.22. The van der Waals surface area contributed by atoms with Crippen LogP contribution in [0.1, 0.15) is 30.9 Å². The van der Waals surface area contributed by atoms with Gasteiger partial charge >= 0.3 is 6.18 Å². The van der Waals surface area contributed by atoms with Crippen LogP contribution in [0.25, 0.3) is 0 Å². The summed E-state index contributed by atoms with van der Waals surface area (Å²) in [6.07, 6.45) is -2.64. The Kier molecular flexibility index (Phi) is 8.68. The van der Waals surface area contributed by atoms with Gasteiger partial charge in [0.05, 0.1) is 6.61 Å². The molecule has 1 aromatic carbocycles. The van der Waals surface area contributed by atoms with Crippen LogP contribution < -0.4 is 10.6 Å². The van der Waals surface area contributed by atoms with E-state index < -0.39 is 12.8 Å². The minimum Gasteiger partial charge on any atom is -0.367 e. The van der Waals surface area contributed by atoms with Gasteiger partial charge in [-0.1, -0.05) is 24.3 Å². The maximum absolute atomic E-state index is 12.2. The van der Waals surface area contributed by atoms with Crippen LogP contribution in [0.4, 0.5) is 13.2 Å². The highest BCUT2D eigenvalue weighted by Gasteiger charge is 2.27. The van der Waals surface area contributed by atoms with Crippen molar-refractivity contribution in [2.45, 2.75) is 45.1 Å². The normalized spacial score (nSPS) is 20.6. The molecule has 0 radical (unpaired) electrons. The van der Waals surface area contributed by atoms with Gasteiger partial charge in [0.1, 0.15) is 6.61 Å². The van der Waals surface area contributed by atoms with Crippen molar-refractivity contribution in [1.82, 2.24) is 10.6 Å². The molecule has 1 aliphatic rings. The molecule has 0 saturated carbocycles. The number of nitrogens with one attached hydrogen (secondary N) is 2. The monoisotopic (exact) mass is 380 g/mol. The third-order valence-electron chi connectivity index (χ3n) is 4.02. The van der Waals surface area contributed by atoms with Crippen molar-refractivity contribution in [3.05, 3.63) is 35.4 Å². The van der Waals surface area contributed by atoms with Gasteiger partial charge in [-0.15, -0.1) is 12.4 Å². The molecule has 4 nitrogen and oxygen atoms in total. The first kappa shape index (κ1) is 21.7. The van der Waals surface area contributed by atoms with E-state index in [0.717, 1.165) is 24.9 Å². The van der Waals surface area contributed by atoms with E-state index in [1.54, 1.807) is 24.3 Å². The lowest BCUT2D eigenvalue weighted by Crippen LogP contribution is -2.42. The summed E-state index contributed by atoms with van der Waals surface area (Å²) in [5.74, 6) is 0.0947. The molecule has 1 amide bonds. The van der Waals surface area contributed by atoms with Gasteiger partial charge in [-0.05, 0) is 37.4 Å². The zero-order valence-electron chi connectivity index (χ0n) is 14.1. The van der Waals surface area contributed by atoms with Crippen LogP contribution in [-0.4, -0.2) is 31.3 Å². The average Bonchev–Trinajstić information content (AvgIpc) is 2.52. The van der Waals surface area contributed by atoms with Gasteiger partial charge in [-0.25, -0.2) is 0 Å². The Morgan fingerprint density at radius 3 is 2.52 bits per heavy atom. The van der Waals surface area contributed by atoms with Gasteiger partial charge in [0.15, 0.2) is 0 Å². The zero-order chi connectivity index (χ0) is 17.6. The van der Waals surface area contributed by atoms with Crippen LogP contribution in [0.5, 0.6) is 0 Å². The lowest BCUT2D eigenvalue weighted by molar-refractivity contribution is -0.176. The summed E-state index contributed by atoms with van der Waals surface area (Å²) in [4.78, 5) is 12.2. The number of ether oxygens (including phenoxy) is 1. The number of alkyl halides is 3. The van der Waals surface area contributed by atoms with Crippen molar-refractivity contribution < 1.29 is 22.7 Å². The SMILES string of the molecule is C[C@H]1C[C@@H](C(=O)NCc2ccc(COCC(F)(F)F)cc2)CCN1.Cl. The summed E-state index contributed by atoms with van der Waals surface area (Å²) in [5.41, 5.74) is 1.58. The van der Waals surface area contributed by atoms with Crippen LogP contribution in [0.3, 0.4) is 0 Å². The third kappa shape index (κ3) is 8.07. The van der Waals surface area contributed by atoms with E-state index in [9.17, 15) is 18.0 Å². The van der Waals surface area contributed by atoms with Crippen molar-refractivity contribution in [3.8, 4) is 0 Å². The molecule has 0 bridgehead atoms. The van der Waals surface area contributed by atoms with Gasteiger partial charge in [0.25, 0.3) is 0 Å². The van der Waals surface area contributed by atoms with Gasteiger partial charge in [-0.2, -0.15) is 13.2 Å². The Balaban J connectivity index is 0.00000312. The van der Waals surface area contributed by atoms with E-state index in [1.165, 1.54) is 0 Å². The van der Waals surface area contributed by atoms with Crippen LogP contribution in [-0.2, 0) is 22.7 Å². The molecule has 2 atom stereocenters. The predicted molar refractivity (Wildman–Crippen MR) is 91.4 cm³/mol. The summed E-state index contributed by atoms with van der Waals surface area (Å²) >= 11 is 0. The largest absolute Gasteiger partial charge is 0.411 e. The topological polar surface area (TPSA) is 50.4 Å². The smallest absolute Gasteiger partial charge is 0.367 e. The first-order valence-corrected chi connectivity index (χ1v) is 8.07. The first-order chi connectivity index (χ1) is 11.3. The van der Waals surface area contributed by atoms with Crippen molar-refractivity contribution in [2.75, 3.05) is 13.2 Å². The van der Waals surface area contributed by atoms with Gasteiger partial charge in [-0.3, -0.25) is 4.79 Å². The van der Waals surface area contributed by atoms with E-state index in [2.05, 4.69) is 22.3 Å². The summed E-state index contributed by atoms with van der Waals surface area (Å²) in [7, 11) is 0. The standard InChI is InChI=1S/C17H23F3N2O2.ClH/c1-12-8-15(6-7-21-12)16(23)22-9-13-2-4-14(5-3-13)10-24-11-17(18,19)20;/h2-5,12,15,21H,6-11H2,1H3,(H,22,23);1H/t12-,15-;/m0./s1. The van der Waals surface area contributed by atoms with E-state index in [0.29, 0.717) is 18.2 Å². The number of hydrogen-bond donors (Lipinski definition) is 2. The zero-order valence-corrected chi connectivity index (χ0v) is 14.9. The van der Waals surface area contributed by atoms with Crippen LogP contribution >= 0.6 is 12.4 Å². The molecule has 2 rings (SSSR count). The van der Waals surface area contributed by atoms with Crippen molar-refractivity contribution in [1.29, 1.82) is 0 Å². The highest BCUT2D eigenvalue weighted by Crippen LogP contribution is 2.17. The number of halogens is 4. The third-order valence-corrected chi connectivity index (χ3v) is 4.02. The number of hydrogen-bond acceptors (Lipinski definition) is 3. The molecule has 0 spiro atoms. The van der Waals surface area contributed by atoms with Crippen molar-refractivity contribution in [3.63, 3.8) is 0 Å². The first-order valence-electron chi connectivity index (χ1n) is 8.07. The fraction of sp³-hybridized carbons (Fsp3) is 0.588. The second-order valence-corrected chi connectivity index (χ2v) is 6.22. The Labute approximate surface area is 151 Å². The highest BCUT2D eigenvalue weighted by molar-refractivity contribution is 5.85. The lowest BCUT2D eigenvalue weighted by atomic mass is 9.92. The molecule has 25 heavy (non-hydrogen) atoms. The number of benzene rings is 1. The summed E-state index contributed by atoms with van der Waals surface area (Å²) in [5, 5.41) is 6.24. The van der Waals surface area contributed by atoms with E-state index >= 15 is 0 Å². The molecule has 8 heteroatoms. The second kappa shape index (κ2) is 9.99. The molecule has 142 valence electrons. The molecule has 0 aromatic heterocycles. The molecule has 0 unspecified atom stereocenters. The number of carbonyl (C=O) groups excluding carboxylic acids is 1. The molecular weight excluding hydrogens is 357 g/mol. The summed E-state index contributed by atoms with van der Waals surface area (Å²) < 4.78 is 40.6. The van der Waals surface area contributed by atoms with Gasteiger partial charge < -0.3 is 15.4 Å². The van der Waals surface area contributed by atoms with E-state index in [-0.39, 0.29) is 30.8 Å². The number of amides is 1. The Hall–Kier alpha value is -1.31. The van der Waals surface area contributed by atoms with Crippen LogP contribution in [0.2, 0.25) is 0 Å². The minimum atomic E-state index is -4.31. The maximum Gasteiger partial charge on any atom is 0.411 e. The maximum atomic E-state index is 12.2. The minimum absolute atomic E-state index is 0. The molecule has 1 aromatic rings. The number of carbonyl (C=O) groups is 1. The Bertz CT molecular complexity index is 538. The number of rotatable bonds is 6. The van der Waals surface area contributed by atoms with Crippen molar-refractivity contribution in [2.24, 2.45) is 5.92 Å². The van der Waals surface area contributed by atoms with Gasteiger partial charge in [0, 0.05) is 18.5 Å². The summed E-state index contributed by atoms with van der Waals surface area (Å²) in [6, 6.07) is 7.36. The lowest BCUT2D eigenvalue weighted by Gasteiger charge is -2.27. The number of piperidine rings is 1. The average molecular weight is 381 g/mol. The van der Waals surface area contributed by atoms with Crippen LogP contribution in [0.15, 0.2) is 24.3 Å². The van der Waals surface area contributed by atoms with Crippen molar-refractivity contribution >= 4 is 18.3 Å². The van der Waals surface area contributed by atoms with Gasteiger partial charge in [0.2, 0.25) is 5.91 Å². The Morgan fingerprint density at radius 1 is 1.28 bits per heavy atom.